The van der Waals surface area contributed by atoms with E-state index in [0.717, 1.165) is 21.3 Å². The summed E-state index contributed by atoms with van der Waals surface area (Å²) in [5.74, 6) is -0.385. The van der Waals surface area contributed by atoms with Crippen LogP contribution in [0.2, 0.25) is 0 Å². The fourth-order valence-electron chi connectivity index (χ4n) is 3.19. The Bertz CT molecular complexity index is 792. The van der Waals surface area contributed by atoms with E-state index in [4.69, 9.17) is 0 Å². The molecule has 0 spiro atoms. The topological polar surface area (TPSA) is 49.4 Å². The first-order valence-electron chi connectivity index (χ1n) is 7.83. The number of carbonyl (C=O) groups is 2. The lowest BCUT2D eigenvalue weighted by Crippen LogP contribution is -2.35. The monoisotopic (exact) mass is 386 g/mol. The van der Waals surface area contributed by atoms with E-state index in [1.165, 1.54) is 10.5 Å². The van der Waals surface area contributed by atoms with Crippen molar-refractivity contribution in [3.63, 3.8) is 0 Å². The molecular weight excluding hydrogens is 368 g/mol. The van der Waals surface area contributed by atoms with E-state index >= 15 is 0 Å². The lowest BCUT2D eigenvalue weighted by atomic mass is 10.0. The third-order valence-corrected chi connectivity index (χ3v) is 4.76. The van der Waals surface area contributed by atoms with Gasteiger partial charge in [-0.2, -0.15) is 0 Å². The van der Waals surface area contributed by atoms with Crippen molar-refractivity contribution >= 4 is 39.1 Å². The second kappa shape index (κ2) is 6.40. The Morgan fingerprint density at radius 2 is 1.62 bits per heavy atom. The van der Waals surface area contributed by atoms with Crippen molar-refractivity contribution in [1.82, 2.24) is 0 Å². The highest BCUT2D eigenvalue weighted by Gasteiger charge is 2.39. The molecule has 2 amide bonds. The zero-order chi connectivity index (χ0) is 17.4. The van der Waals surface area contributed by atoms with E-state index in [0.29, 0.717) is 5.69 Å². The summed E-state index contributed by atoms with van der Waals surface area (Å²) in [5.41, 5.74) is 4.88. The van der Waals surface area contributed by atoms with Gasteiger partial charge in [0.05, 0.1) is 12.1 Å². The largest absolute Gasteiger partial charge is 0.373 e. The number of anilines is 2. The van der Waals surface area contributed by atoms with E-state index < -0.39 is 6.04 Å². The first-order chi connectivity index (χ1) is 11.4. The Morgan fingerprint density at radius 1 is 1.04 bits per heavy atom. The van der Waals surface area contributed by atoms with Gasteiger partial charge < -0.3 is 5.32 Å². The number of benzene rings is 2. The Balaban J connectivity index is 1.86. The molecule has 0 saturated carbocycles. The summed E-state index contributed by atoms with van der Waals surface area (Å²) >= 11 is 3.36. The normalized spacial score (nSPS) is 17.5. The molecule has 0 aromatic heterocycles. The zero-order valence-corrected chi connectivity index (χ0v) is 15.5. The standard InChI is InChI=1S/C19H19BrN2O2/c1-11-8-12(2)18(13(3)9-11)21-16-10-17(23)22(19(16)24)15-6-4-14(20)5-7-15/h4-9,16,21H,10H2,1-3H3/t16-/m0/s1. The molecule has 0 bridgehead atoms. The third-order valence-electron chi connectivity index (χ3n) is 4.23. The van der Waals surface area contributed by atoms with Crippen LogP contribution < -0.4 is 10.2 Å². The van der Waals surface area contributed by atoms with Gasteiger partial charge in [0.1, 0.15) is 6.04 Å². The highest BCUT2D eigenvalue weighted by atomic mass is 79.9. The number of aryl methyl sites for hydroxylation is 3. The lowest BCUT2D eigenvalue weighted by Gasteiger charge is -2.19. The van der Waals surface area contributed by atoms with Crippen LogP contribution in [0.3, 0.4) is 0 Å². The van der Waals surface area contributed by atoms with Crippen LogP contribution in [-0.2, 0) is 9.59 Å². The molecule has 1 aliphatic heterocycles. The predicted octanol–water partition coefficient (Wildman–Crippen LogP) is 4.12. The number of carbonyl (C=O) groups excluding carboxylic acids is 2. The van der Waals surface area contributed by atoms with Crippen LogP contribution in [0.4, 0.5) is 11.4 Å². The third kappa shape index (κ3) is 3.08. The smallest absolute Gasteiger partial charge is 0.256 e. The number of imide groups is 1. The maximum Gasteiger partial charge on any atom is 0.256 e. The molecule has 1 N–H and O–H groups in total. The number of nitrogens with one attached hydrogen (secondary N) is 1. The summed E-state index contributed by atoms with van der Waals surface area (Å²) in [6.07, 6.45) is 0.168. The van der Waals surface area contributed by atoms with Gasteiger partial charge in [-0.25, -0.2) is 4.90 Å². The first-order valence-corrected chi connectivity index (χ1v) is 8.63. The molecule has 1 fully saturated rings. The molecule has 4 nitrogen and oxygen atoms in total. The fraction of sp³-hybridized carbons (Fsp3) is 0.263. The molecule has 1 heterocycles. The summed E-state index contributed by atoms with van der Waals surface area (Å²) in [6, 6.07) is 10.8. The number of hydrogen-bond acceptors (Lipinski definition) is 3. The Morgan fingerprint density at radius 3 is 2.21 bits per heavy atom. The Hall–Kier alpha value is -2.14. The zero-order valence-electron chi connectivity index (χ0n) is 13.9. The molecule has 0 unspecified atom stereocenters. The van der Waals surface area contributed by atoms with Gasteiger partial charge in [0.2, 0.25) is 5.91 Å². The molecule has 124 valence electrons. The number of nitrogens with zero attached hydrogens (tertiary/aromatic N) is 1. The minimum atomic E-state index is -0.527. The van der Waals surface area contributed by atoms with Gasteiger partial charge in [-0.05, 0) is 56.2 Å². The molecule has 1 aliphatic rings. The maximum atomic E-state index is 12.7. The Labute approximate surface area is 150 Å². The number of halogens is 1. The minimum Gasteiger partial charge on any atom is -0.373 e. The fourth-order valence-corrected chi connectivity index (χ4v) is 3.45. The summed E-state index contributed by atoms with van der Waals surface area (Å²) < 4.78 is 0.908. The van der Waals surface area contributed by atoms with Crippen molar-refractivity contribution < 1.29 is 9.59 Å². The van der Waals surface area contributed by atoms with E-state index in [9.17, 15) is 9.59 Å². The van der Waals surface area contributed by atoms with Crippen molar-refractivity contribution in [3.8, 4) is 0 Å². The Kier molecular flexibility index (Phi) is 4.45. The van der Waals surface area contributed by atoms with Crippen molar-refractivity contribution in [2.24, 2.45) is 0 Å². The van der Waals surface area contributed by atoms with Crippen molar-refractivity contribution in [3.05, 3.63) is 57.6 Å². The highest BCUT2D eigenvalue weighted by molar-refractivity contribution is 9.10. The van der Waals surface area contributed by atoms with E-state index in [-0.39, 0.29) is 18.2 Å². The molecular formula is C19H19BrN2O2. The van der Waals surface area contributed by atoms with Crippen LogP contribution in [0.25, 0.3) is 0 Å². The van der Waals surface area contributed by atoms with Crippen molar-refractivity contribution in [2.75, 3.05) is 10.2 Å². The number of hydrogen-bond donors (Lipinski definition) is 1. The number of amides is 2. The molecule has 0 radical (unpaired) electrons. The van der Waals surface area contributed by atoms with Gasteiger partial charge in [0.15, 0.2) is 0 Å². The second-order valence-electron chi connectivity index (χ2n) is 6.22. The van der Waals surface area contributed by atoms with Gasteiger partial charge in [-0.1, -0.05) is 33.6 Å². The average Bonchev–Trinajstić information content (AvgIpc) is 2.78. The molecule has 2 aromatic carbocycles. The average molecular weight is 387 g/mol. The molecule has 0 aliphatic carbocycles. The van der Waals surface area contributed by atoms with Gasteiger partial charge in [-0.3, -0.25) is 9.59 Å². The number of rotatable bonds is 3. The second-order valence-corrected chi connectivity index (χ2v) is 7.13. The van der Waals surface area contributed by atoms with Crippen LogP contribution in [0.15, 0.2) is 40.9 Å². The van der Waals surface area contributed by atoms with Crippen molar-refractivity contribution in [2.45, 2.75) is 33.2 Å². The lowest BCUT2D eigenvalue weighted by molar-refractivity contribution is -0.121. The molecule has 24 heavy (non-hydrogen) atoms. The summed E-state index contributed by atoms with van der Waals surface area (Å²) in [7, 11) is 0. The van der Waals surface area contributed by atoms with Gasteiger partial charge in [-0.15, -0.1) is 0 Å². The van der Waals surface area contributed by atoms with Crippen molar-refractivity contribution in [1.29, 1.82) is 0 Å². The quantitative estimate of drug-likeness (QED) is 0.807. The molecule has 1 atom stereocenters. The van der Waals surface area contributed by atoms with Crippen LogP contribution in [0.5, 0.6) is 0 Å². The SMILES string of the molecule is Cc1cc(C)c(N[C@H]2CC(=O)N(c3ccc(Br)cc3)C2=O)c(C)c1. The van der Waals surface area contributed by atoms with Crippen LogP contribution in [0, 0.1) is 20.8 Å². The van der Waals surface area contributed by atoms with Gasteiger partial charge in [0, 0.05) is 10.2 Å². The summed E-state index contributed by atoms with van der Waals surface area (Å²) in [6.45, 7) is 6.06. The van der Waals surface area contributed by atoms with Gasteiger partial charge in [0.25, 0.3) is 5.91 Å². The van der Waals surface area contributed by atoms with E-state index in [1.54, 1.807) is 12.1 Å². The maximum absolute atomic E-state index is 12.7. The molecule has 2 aromatic rings. The first kappa shape index (κ1) is 16.7. The molecule has 5 heteroatoms. The molecule has 1 saturated heterocycles. The summed E-state index contributed by atoms with van der Waals surface area (Å²) in [5, 5.41) is 3.27. The van der Waals surface area contributed by atoms with Crippen LogP contribution in [0.1, 0.15) is 23.1 Å². The summed E-state index contributed by atoms with van der Waals surface area (Å²) in [4.78, 5) is 26.3. The van der Waals surface area contributed by atoms with Crippen LogP contribution in [-0.4, -0.2) is 17.9 Å². The van der Waals surface area contributed by atoms with Gasteiger partial charge >= 0.3 is 0 Å². The van der Waals surface area contributed by atoms with E-state index in [2.05, 4.69) is 33.4 Å². The van der Waals surface area contributed by atoms with E-state index in [1.807, 2.05) is 32.9 Å². The van der Waals surface area contributed by atoms with Crippen LogP contribution >= 0.6 is 15.9 Å². The molecule has 3 rings (SSSR count). The predicted molar refractivity (Wildman–Crippen MR) is 99.3 cm³/mol. The highest BCUT2D eigenvalue weighted by Crippen LogP contribution is 2.29. The minimum absolute atomic E-state index is 0.168.